The van der Waals surface area contributed by atoms with Crippen LogP contribution in [0.1, 0.15) is 28.1 Å². The van der Waals surface area contributed by atoms with E-state index >= 15 is 0 Å². The molecule has 6 rings (SSSR count). The standard InChI is InChI=1S/C33H28N2O/c1-23-19-20-28-26(22-23)31(24-12-5-3-6-13-24)32(35-28)33(30-18-11-21-34-30,25-14-7-4-8-15-25)27-16-9-10-17-29(27)36-2/h3-22,34-35H,1-2H3/t33-/m0/s1. The van der Waals surface area contributed by atoms with Gasteiger partial charge in [0, 0.05) is 39.6 Å². The molecule has 0 bridgehead atoms. The van der Waals surface area contributed by atoms with Crippen LogP contribution >= 0.6 is 0 Å². The Bertz CT molecular complexity index is 1620. The number of aromatic amines is 2. The van der Waals surface area contributed by atoms with E-state index in [9.17, 15) is 0 Å². The summed E-state index contributed by atoms with van der Waals surface area (Å²) in [4.78, 5) is 7.48. The van der Waals surface area contributed by atoms with Gasteiger partial charge < -0.3 is 14.7 Å². The molecule has 0 aliphatic rings. The molecule has 0 aliphatic heterocycles. The third-order valence-electron chi connectivity index (χ3n) is 7.11. The Morgan fingerprint density at radius 2 is 1.44 bits per heavy atom. The summed E-state index contributed by atoms with van der Waals surface area (Å²) in [6, 6.07) is 40.6. The summed E-state index contributed by atoms with van der Waals surface area (Å²) in [6.07, 6.45) is 2.00. The van der Waals surface area contributed by atoms with Crippen molar-refractivity contribution in [1.29, 1.82) is 0 Å². The summed E-state index contributed by atoms with van der Waals surface area (Å²) in [6.45, 7) is 2.15. The number of aromatic nitrogens is 2. The Kier molecular flexibility index (Phi) is 5.46. The Hall–Kier alpha value is -4.50. The minimum Gasteiger partial charge on any atom is -0.496 e. The molecular weight excluding hydrogens is 440 g/mol. The second kappa shape index (κ2) is 8.94. The first kappa shape index (κ1) is 22.0. The molecule has 3 heteroatoms. The molecule has 0 fully saturated rings. The van der Waals surface area contributed by atoms with Crippen molar-refractivity contribution in [2.24, 2.45) is 0 Å². The van der Waals surface area contributed by atoms with Crippen molar-refractivity contribution in [1.82, 2.24) is 9.97 Å². The first-order valence-corrected chi connectivity index (χ1v) is 12.2. The molecule has 0 saturated heterocycles. The van der Waals surface area contributed by atoms with E-state index in [1.54, 1.807) is 7.11 Å². The molecule has 2 N–H and O–H groups in total. The summed E-state index contributed by atoms with van der Waals surface area (Å²) < 4.78 is 6.00. The minimum atomic E-state index is -0.685. The van der Waals surface area contributed by atoms with Crippen LogP contribution in [0.5, 0.6) is 5.75 Å². The Morgan fingerprint density at radius 1 is 0.722 bits per heavy atom. The molecule has 6 aromatic rings. The fraction of sp³-hybridized carbons (Fsp3) is 0.0909. The van der Waals surface area contributed by atoms with Crippen molar-refractivity contribution >= 4 is 10.9 Å². The van der Waals surface area contributed by atoms with Crippen molar-refractivity contribution in [3.8, 4) is 16.9 Å². The van der Waals surface area contributed by atoms with Gasteiger partial charge in [0.25, 0.3) is 0 Å². The summed E-state index contributed by atoms with van der Waals surface area (Å²) in [7, 11) is 1.75. The second-order valence-corrected chi connectivity index (χ2v) is 9.19. The smallest absolute Gasteiger partial charge is 0.123 e. The maximum atomic E-state index is 6.00. The predicted octanol–water partition coefficient (Wildman–Crippen LogP) is 7.86. The quantitative estimate of drug-likeness (QED) is 0.257. The molecule has 36 heavy (non-hydrogen) atoms. The summed E-state index contributed by atoms with van der Waals surface area (Å²) in [5, 5.41) is 1.21. The summed E-state index contributed by atoms with van der Waals surface area (Å²) in [5.74, 6) is 0.838. The van der Waals surface area contributed by atoms with Crippen LogP contribution in [0, 0.1) is 6.92 Å². The van der Waals surface area contributed by atoms with E-state index in [-0.39, 0.29) is 0 Å². The van der Waals surface area contributed by atoms with Crippen LogP contribution in [0.3, 0.4) is 0 Å². The number of nitrogens with one attached hydrogen (secondary N) is 2. The predicted molar refractivity (Wildman–Crippen MR) is 148 cm³/mol. The zero-order chi connectivity index (χ0) is 24.5. The molecule has 2 heterocycles. The molecule has 176 valence electrons. The van der Waals surface area contributed by atoms with Crippen LogP contribution in [0.25, 0.3) is 22.0 Å². The largest absolute Gasteiger partial charge is 0.496 e. The van der Waals surface area contributed by atoms with Gasteiger partial charge in [0.1, 0.15) is 11.2 Å². The van der Waals surface area contributed by atoms with E-state index in [0.717, 1.165) is 33.8 Å². The third kappa shape index (κ3) is 3.36. The Morgan fingerprint density at radius 3 is 2.17 bits per heavy atom. The van der Waals surface area contributed by atoms with Gasteiger partial charge in [-0.3, -0.25) is 0 Å². The molecule has 0 aliphatic carbocycles. The van der Waals surface area contributed by atoms with Crippen LogP contribution in [0.4, 0.5) is 0 Å². The zero-order valence-corrected chi connectivity index (χ0v) is 20.5. The number of rotatable bonds is 6. The normalized spacial score (nSPS) is 12.9. The molecular formula is C33H28N2O. The highest BCUT2D eigenvalue weighted by atomic mass is 16.5. The Balaban J connectivity index is 1.85. The average molecular weight is 469 g/mol. The number of hydrogen-bond donors (Lipinski definition) is 2. The molecule has 0 amide bonds. The van der Waals surface area contributed by atoms with Gasteiger partial charge in [0.15, 0.2) is 0 Å². The van der Waals surface area contributed by atoms with Crippen molar-refractivity contribution in [2.75, 3.05) is 7.11 Å². The molecule has 0 radical (unpaired) electrons. The number of ether oxygens (including phenoxy) is 1. The fourth-order valence-corrected chi connectivity index (χ4v) is 5.57. The van der Waals surface area contributed by atoms with Crippen molar-refractivity contribution in [3.63, 3.8) is 0 Å². The van der Waals surface area contributed by atoms with Gasteiger partial charge >= 0.3 is 0 Å². The molecule has 0 spiro atoms. The van der Waals surface area contributed by atoms with Crippen molar-refractivity contribution in [2.45, 2.75) is 12.3 Å². The molecule has 2 aromatic heterocycles. The van der Waals surface area contributed by atoms with Gasteiger partial charge in [-0.1, -0.05) is 90.5 Å². The number of hydrogen-bond acceptors (Lipinski definition) is 1. The van der Waals surface area contributed by atoms with Gasteiger partial charge in [-0.25, -0.2) is 0 Å². The van der Waals surface area contributed by atoms with Gasteiger partial charge in [0.2, 0.25) is 0 Å². The van der Waals surface area contributed by atoms with Crippen LogP contribution in [0.2, 0.25) is 0 Å². The number of methoxy groups -OCH3 is 1. The molecule has 1 atom stereocenters. The lowest BCUT2D eigenvalue weighted by molar-refractivity contribution is 0.404. The topological polar surface area (TPSA) is 40.8 Å². The van der Waals surface area contributed by atoms with E-state index in [0.29, 0.717) is 0 Å². The first-order chi connectivity index (χ1) is 17.7. The van der Waals surface area contributed by atoms with Gasteiger partial charge in [0.05, 0.1) is 7.11 Å². The molecule has 3 nitrogen and oxygen atoms in total. The summed E-state index contributed by atoms with van der Waals surface area (Å²) in [5.41, 5.74) is 8.41. The van der Waals surface area contributed by atoms with Crippen molar-refractivity contribution < 1.29 is 4.74 Å². The number of fused-ring (bicyclic) bond motifs is 1. The third-order valence-corrected chi connectivity index (χ3v) is 7.11. The number of H-pyrrole nitrogens is 2. The average Bonchev–Trinajstić information content (AvgIpc) is 3.60. The van der Waals surface area contributed by atoms with E-state index in [1.165, 1.54) is 22.1 Å². The van der Waals surface area contributed by atoms with Gasteiger partial charge in [-0.2, -0.15) is 0 Å². The molecule has 4 aromatic carbocycles. The maximum Gasteiger partial charge on any atom is 0.123 e. The first-order valence-electron chi connectivity index (χ1n) is 12.2. The highest BCUT2D eigenvalue weighted by Gasteiger charge is 2.44. The number of aryl methyl sites for hydroxylation is 1. The monoisotopic (exact) mass is 468 g/mol. The van der Waals surface area contributed by atoms with Gasteiger partial charge in [-0.15, -0.1) is 0 Å². The second-order valence-electron chi connectivity index (χ2n) is 9.19. The fourth-order valence-electron chi connectivity index (χ4n) is 5.57. The van der Waals surface area contributed by atoms with Crippen LogP contribution in [-0.2, 0) is 5.41 Å². The number of benzene rings is 4. The number of para-hydroxylation sites is 1. The van der Waals surface area contributed by atoms with E-state index < -0.39 is 5.41 Å². The van der Waals surface area contributed by atoms with Crippen LogP contribution in [0.15, 0.2) is 121 Å². The molecule has 0 saturated carbocycles. The Labute approximate surface area is 211 Å². The molecule has 0 unspecified atom stereocenters. The SMILES string of the molecule is COc1ccccc1[C@@](c1ccccc1)(c1ccc[nH]1)c1[nH]c2ccc(C)cc2c1-c1ccccc1. The lowest BCUT2D eigenvalue weighted by atomic mass is 9.67. The highest BCUT2D eigenvalue weighted by Crippen LogP contribution is 2.51. The summed E-state index contributed by atoms with van der Waals surface area (Å²) >= 11 is 0. The minimum absolute atomic E-state index is 0.685. The maximum absolute atomic E-state index is 6.00. The lowest BCUT2D eigenvalue weighted by Crippen LogP contribution is -2.33. The lowest BCUT2D eigenvalue weighted by Gasteiger charge is -2.36. The van der Waals surface area contributed by atoms with Crippen LogP contribution < -0.4 is 4.74 Å². The van der Waals surface area contributed by atoms with Gasteiger partial charge in [-0.05, 0) is 48.4 Å². The highest BCUT2D eigenvalue weighted by molar-refractivity contribution is 5.99. The van der Waals surface area contributed by atoms with E-state index in [1.807, 2.05) is 18.3 Å². The van der Waals surface area contributed by atoms with E-state index in [4.69, 9.17) is 4.74 Å². The van der Waals surface area contributed by atoms with E-state index in [2.05, 4.69) is 120 Å². The van der Waals surface area contributed by atoms with Crippen molar-refractivity contribution in [3.05, 3.63) is 150 Å². The zero-order valence-electron chi connectivity index (χ0n) is 20.5. The van der Waals surface area contributed by atoms with Crippen LogP contribution in [-0.4, -0.2) is 17.1 Å².